The fraction of sp³-hybridized carbons (Fsp3) is 0.130. The lowest BCUT2D eigenvalue weighted by molar-refractivity contribution is -0.115. The van der Waals surface area contributed by atoms with Gasteiger partial charge in [-0.1, -0.05) is 42.5 Å². The van der Waals surface area contributed by atoms with Crippen molar-refractivity contribution < 1.29 is 4.79 Å². The quantitative estimate of drug-likeness (QED) is 0.575. The molecule has 0 bridgehead atoms. The van der Waals surface area contributed by atoms with Gasteiger partial charge in [-0.15, -0.1) is 11.8 Å². The molecule has 1 aromatic heterocycles. The van der Waals surface area contributed by atoms with Gasteiger partial charge in [0.25, 0.3) is 0 Å². The number of hydrogen-bond donors (Lipinski definition) is 2. The van der Waals surface area contributed by atoms with E-state index in [4.69, 9.17) is 5.73 Å². The zero-order valence-corrected chi connectivity index (χ0v) is 17.2. The van der Waals surface area contributed by atoms with E-state index in [1.165, 1.54) is 11.8 Å². The number of hydrogen-bond acceptors (Lipinski definition) is 6. The van der Waals surface area contributed by atoms with Crippen LogP contribution in [0.2, 0.25) is 0 Å². The second kappa shape index (κ2) is 9.60. The lowest BCUT2D eigenvalue weighted by Gasteiger charge is -2.13. The number of rotatable bonds is 6. The maximum Gasteiger partial charge on any atom is 0.225 e. The summed E-state index contributed by atoms with van der Waals surface area (Å²) in [6, 6.07) is 20.9. The van der Waals surface area contributed by atoms with Crippen LogP contribution >= 0.6 is 11.8 Å². The lowest BCUT2D eigenvalue weighted by Crippen LogP contribution is -2.12. The molecule has 3 N–H and O–H groups in total. The standard InChI is InChI=1S/C23H19N5OS/c1-15-6-5-9-17(12-15)27-20(29)10-11-30-23-19(14-25)21(16-7-3-2-4-8-16)18(13-24)22(26)28-23/h2-9,12H,10-11H2,1H3,(H2,26,28)(H,27,29). The van der Waals surface area contributed by atoms with Crippen LogP contribution in [0.15, 0.2) is 59.6 Å². The first-order valence-corrected chi connectivity index (χ1v) is 10.2. The van der Waals surface area contributed by atoms with Crippen molar-refractivity contribution in [2.45, 2.75) is 18.4 Å². The minimum absolute atomic E-state index is 0.0714. The summed E-state index contributed by atoms with van der Waals surface area (Å²) in [4.78, 5) is 16.5. The molecule has 0 aliphatic carbocycles. The van der Waals surface area contributed by atoms with Crippen molar-refractivity contribution in [3.63, 3.8) is 0 Å². The summed E-state index contributed by atoms with van der Waals surface area (Å²) in [6.45, 7) is 1.96. The zero-order chi connectivity index (χ0) is 21.5. The number of anilines is 2. The van der Waals surface area contributed by atoms with E-state index in [0.29, 0.717) is 16.3 Å². The molecule has 6 nitrogen and oxygen atoms in total. The number of nitrogens with zero attached hydrogens (tertiary/aromatic N) is 3. The fourth-order valence-electron chi connectivity index (χ4n) is 2.98. The van der Waals surface area contributed by atoms with Crippen molar-refractivity contribution in [2.24, 2.45) is 0 Å². The number of carbonyl (C=O) groups is 1. The molecule has 0 spiro atoms. The highest BCUT2D eigenvalue weighted by atomic mass is 32.2. The Morgan fingerprint density at radius 1 is 1.10 bits per heavy atom. The third-order valence-electron chi connectivity index (χ3n) is 4.35. The molecule has 0 radical (unpaired) electrons. The third kappa shape index (κ3) is 4.78. The Hall–Kier alpha value is -3.81. The molecule has 0 fully saturated rings. The number of pyridine rings is 1. The molecule has 30 heavy (non-hydrogen) atoms. The van der Waals surface area contributed by atoms with Gasteiger partial charge in [-0.3, -0.25) is 4.79 Å². The highest BCUT2D eigenvalue weighted by Crippen LogP contribution is 2.35. The summed E-state index contributed by atoms with van der Waals surface area (Å²) in [5.41, 5.74) is 9.47. The van der Waals surface area contributed by atoms with Gasteiger partial charge in [0.1, 0.15) is 28.5 Å². The van der Waals surface area contributed by atoms with Gasteiger partial charge < -0.3 is 11.1 Å². The average Bonchev–Trinajstić information content (AvgIpc) is 2.74. The fourth-order valence-corrected chi connectivity index (χ4v) is 3.92. The molecule has 3 aromatic rings. The molecular weight excluding hydrogens is 394 g/mol. The van der Waals surface area contributed by atoms with E-state index in [-0.39, 0.29) is 29.3 Å². The zero-order valence-electron chi connectivity index (χ0n) is 16.3. The van der Waals surface area contributed by atoms with Crippen LogP contribution in [0.1, 0.15) is 23.1 Å². The van der Waals surface area contributed by atoms with E-state index in [0.717, 1.165) is 16.8 Å². The van der Waals surface area contributed by atoms with Crippen LogP contribution in [0.25, 0.3) is 11.1 Å². The van der Waals surface area contributed by atoms with Crippen LogP contribution < -0.4 is 11.1 Å². The molecule has 1 heterocycles. The minimum Gasteiger partial charge on any atom is -0.383 e. The minimum atomic E-state index is -0.128. The van der Waals surface area contributed by atoms with Crippen molar-refractivity contribution in [2.75, 3.05) is 16.8 Å². The van der Waals surface area contributed by atoms with E-state index in [1.54, 1.807) is 0 Å². The van der Waals surface area contributed by atoms with Crippen LogP contribution in [-0.4, -0.2) is 16.6 Å². The number of nitrogen functional groups attached to an aromatic ring is 1. The van der Waals surface area contributed by atoms with Gasteiger partial charge in [-0.05, 0) is 30.2 Å². The summed E-state index contributed by atoms with van der Waals surface area (Å²) in [6.07, 6.45) is 0.242. The van der Waals surface area contributed by atoms with E-state index in [1.807, 2.05) is 61.5 Å². The number of carbonyl (C=O) groups excluding carboxylic acids is 1. The van der Waals surface area contributed by atoms with Gasteiger partial charge in [0.05, 0.1) is 5.56 Å². The van der Waals surface area contributed by atoms with Gasteiger partial charge in [0.15, 0.2) is 0 Å². The number of aromatic nitrogens is 1. The molecule has 148 valence electrons. The van der Waals surface area contributed by atoms with Crippen LogP contribution in [0.4, 0.5) is 11.5 Å². The van der Waals surface area contributed by atoms with Crippen molar-refractivity contribution in [1.29, 1.82) is 10.5 Å². The molecule has 0 aliphatic heterocycles. The van der Waals surface area contributed by atoms with Crippen LogP contribution in [0, 0.1) is 29.6 Å². The number of nitrogens with one attached hydrogen (secondary N) is 1. The highest BCUT2D eigenvalue weighted by Gasteiger charge is 2.20. The Labute approximate surface area is 179 Å². The Kier molecular flexibility index (Phi) is 6.69. The van der Waals surface area contributed by atoms with Crippen LogP contribution in [-0.2, 0) is 4.79 Å². The molecular formula is C23H19N5OS. The summed E-state index contributed by atoms with van der Waals surface area (Å²) in [7, 11) is 0. The monoisotopic (exact) mass is 413 g/mol. The molecule has 1 amide bonds. The van der Waals surface area contributed by atoms with Crippen molar-refractivity contribution in [3.8, 4) is 23.3 Å². The summed E-state index contributed by atoms with van der Waals surface area (Å²) in [5.74, 6) is 0.359. The maximum absolute atomic E-state index is 12.2. The van der Waals surface area contributed by atoms with E-state index in [2.05, 4.69) is 22.4 Å². The van der Waals surface area contributed by atoms with Gasteiger partial charge in [0, 0.05) is 23.4 Å². The van der Waals surface area contributed by atoms with Crippen LogP contribution in [0.3, 0.4) is 0 Å². The van der Waals surface area contributed by atoms with E-state index >= 15 is 0 Å². The van der Waals surface area contributed by atoms with E-state index < -0.39 is 0 Å². The van der Waals surface area contributed by atoms with Gasteiger partial charge in [-0.25, -0.2) is 4.98 Å². The molecule has 0 atom stereocenters. The Morgan fingerprint density at radius 2 is 1.83 bits per heavy atom. The Morgan fingerprint density at radius 3 is 2.50 bits per heavy atom. The third-order valence-corrected chi connectivity index (χ3v) is 5.32. The van der Waals surface area contributed by atoms with E-state index in [9.17, 15) is 15.3 Å². The molecule has 0 saturated heterocycles. The van der Waals surface area contributed by atoms with Crippen molar-refractivity contribution >= 4 is 29.2 Å². The number of amides is 1. The molecule has 0 saturated carbocycles. The largest absolute Gasteiger partial charge is 0.383 e. The number of nitriles is 2. The van der Waals surface area contributed by atoms with Crippen molar-refractivity contribution in [1.82, 2.24) is 4.98 Å². The predicted molar refractivity (Wildman–Crippen MR) is 119 cm³/mol. The van der Waals surface area contributed by atoms with Gasteiger partial charge in [-0.2, -0.15) is 10.5 Å². The first kappa shape index (κ1) is 20.9. The smallest absolute Gasteiger partial charge is 0.225 e. The average molecular weight is 414 g/mol. The van der Waals surface area contributed by atoms with Gasteiger partial charge in [0.2, 0.25) is 5.91 Å². The summed E-state index contributed by atoms with van der Waals surface area (Å²) in [5, 5.41) is 22.6. The molecule has 7 heteroatoms. The normalized spacial score (nSPS) is 10.1. The first-order valence-electron chi connectivity index (χ1n) is 9.22. The highest BCUT2D eigenvalue weighted by molar-refractivity contribution is 7.99. The topological polar surface area (TPSA) is 116 Å². The summed E-state index contributed by atoms with van der Waals surface area (Å²) >= 11 is 1.27. The molecule has 0 unspecified atom stereocenters. The SMILES string of the molecule is Cc1cccc(NC(=O)CCSc2nc(N)c(C#N)c(-c3ccccc3)c2C#N)c1. The lowest BCUT2D eigenvalue weighted by atomic mass is 9.97. The van der Waals surface area contributed by atoms with Crippen LogP contribution in [0.5, 0.6) is 0 Å². The maximum atomic E-state index is 12.2. The Bertz CT molecular complexity index is 1160. The molecule has 2 aromatic carbocycles. The number of benzene rings is 2. The second-order valence-electron chi connectivity index (χ2n) is 6.53. The van der Waals surface area contributed by atoms with Crippen molar-refractivity contribution in [3.05, 3.63) is 71.3 Å². The van der Waals surface area contributed by atoms with Gasteiger partial charge >= 0.3 is 0 Å². The molecule has 0 aliphatic rings. The number of aryl methyl sites for hydroxylation is 1. The summed E-state index contributed by atoms with van der Waals surface area (Å²) < 4.78 is 0. The molecule has 3 rings (SSSR count). The number of nitrogens with two attached hydrogens (primary N) is 1. The first-order chi connectivity index (χ1) is 14.5. The Balaban J connectivity index is 1.80. The second-order valence-corrected chi connectivity index (χ2v) is 7.62. The predicted octanol–water partition coefficient (Wildman–Crippen LogP) is 4.50. The number of thioether (sulfide) groups is 1.